The summed E-state index contributed by atoms with van der Waals surface area (Å²) in [7, 11) is 0. The number of nitrogens with one attached hydrogen (secondary N) is 1. The predicted octanol–water partition coefficient (Wildman–Crippen LogP) is 2.39. The molecule has 21 heavy (non-hydrogen) atoms. The Balaban J connectivity index is 1.85. The van der Waals surface area contributed by atoms with Gasteiger partial charge in [0.2, 0.25) is 0 Å². The third-order valence-electron chi connectivity index (χ3n) is 3.94. The fourth-order valence-electron chi connectivity index (χ4n) is 2.91. The summed E-state index contributed by atoms with van der Waals surface area (Å²) in [6.45, 7) is 4.07. The second kappa shape index (κ2) is 5.35. The monoisotopic (exact) mass is 282 g/mol. The van der Waals surface area contributed by atoms with Crippen LogP contribution in [0.4, 0.5) is 17.2 Å². The molecule has 0 radical (unpaired) electrons. The van der Waals surface area contributed by atoms with Gasteiger partial charge in [-0.2, -0.15) is 0 Å². The highest BCUT2D eigenvalue weighted by Crippen LogP contribution is 2.37. The van der Waals surface area contributed by atoms with Crippen LogP contribution in [0.5, 0.6) is 0 Å². The summed E-state index contributed by atoms with van der Waals surface area (Å²) in [5.74, 6) is 1.01. The normalized spacial score (nSPS) is 18.4. The molecular weight excluding hydrogens is 264 g/mol. The molecule has 0 aliphatic carbocycles. The van der Waals surface area contributed by atoms with E-state index in [4.69, 9.17) is 4.74 Å². The average Bonchev–Trinajstić information content (AvgIpc) is 2.72. The largest absolute Gasteiger partial charge is 0.379 e. The molecule has 0 unspecified atom stereocenters. The number of hydrogen-bond donors (Lipinski definition) is 1. The van der Waals surface area contributed by atoms with E-state index in [1.54, 1.807) is 0 Å². The summed E-state index contributed by atoms with van der Waals surface area (Å²) in [6, 6.07) is 12.5. The average molecular weight is 282 g/mol. The lowest BCUT2D eigenvalue weighted by Crippen LogP contribution is -2.47. The number of morpholine rings is 1. The Morgan fingerprint density at radius 2 is 1.90 bits per heavy atom. The highest BCUT2D eigenvalue weighted by molar-refractivity contribution is 5.77. The Morgan fingerprint density at radius 1 is 1.05 bits per heavy atom. The van der Waals surface area contributed by atoms with Crippen molar-refractivity contribution in [2.24, 2.45) is 0 Å². The van der Waals surface area contributed by atoms with Crippen LogP contribution in [0.25, 0.3) is 0 Å². The van der Waals surface area contributed by atoms with Gasteiger partial charge in [0.25, 0.3) is 0 Å². The first-order valence-corrected chi connectivity index (χ1v) is 7.33. The highest BCUT2D eigenvalue weighted by atomic mass is 16.5. The van der Waals surface area contributed by atoms with E-state index in [9.17, 15) is 0 Å². The van der Waals surface area contributed by atoms with Crippen molar-refractivity contribution >= 4 is 17.2 Å². The number of nitrogens with zero attached hydrogens (tertiary/aromatic N) is 3. The number of pyridine rings is 1. The van der Waals surface area contributed by atoms with Gasteiger partial charge in [-0.25, -0.2) is 9.99 Å². The Bertz CT molecular complexity index is 592. The van der Waals surface area contributed by atoms with Crippen LogP contribution in [0.3, 0.4) is 0 Å². The van der Waals surface area contributed by atoms with Crippen molar-refractivity contribution in [1.29, 1.82) is 0 Å². The summed E-state index contributed by atoms with van der Waals surface area (Å²) in [5.41, 5.74) is 3.50. The maximum Gasteiger partial charge on any atom is 0.152 e. The summed E-state index contributed by atoms with van der Waals surface area (Å²) in [4.78, 5) is 4.64. The fourth-order valence-corrected chi connectivity index (χ4v) is 2.91. The minimum atomic E-state index is 0.758. The van der Waals surface area contributed by atoms with Crippen LogP contribution < -0.4 is 10.3 Å². The molecule has 2 aliphatic rings. The van der Waals surface area contributed by atoms with E-state index in [1.165, 1.54) is 5.56 Å². The van der Waals surface area contributed by atoms with E-state index in [2.05, 4.69) is 50.7 Å². The maximum absolute atomic E-state index is 5.49. The van der Waals surface area contributed by atoms with Crippen molar-refractivity contribution in [2.45, 2.75) is 6.54 Å². The molecule has 0 spiro atoms. The Kier molecular flexibility index (Phi) is 3.21. The van der Waals surface area contributed by atoms with Crippen molar-refractivity contribution in [3.63, 3.8) is 0 Å². The lowest BCUT2D eigenvalue weighted by Gasteiger charge is -2.38. The molecule has 5 heteroatoms. The van der Waals surface area contributed by atoms with E-state index >= 15 is 0 Å². The molecule has 1 aromatic carbocycles. The molecule has 4 rings (SSSR count). The first kappa shape index (κ1) is 12.6. The van der Waals surface area contributed by atoms with Gasteiger partial charge in [0.1, 0.15) is 0 Å². The minimum absolute atomic E-state index is 0.758. The molecule has 2 aliphatic heterocycles. The first-order chi connectivity index (χ1) is 10.4. The van der Waals surface area contributed by atoms with E-state index < -0.39 is 0 Å². The highest BCUT2D eigenvalue weighted by Gasteiger charge is 2.27. The van der Waals surface area contributed by atoms with Gasteiger partial charge in [-0.1, -0.05) is 18.2 Å². The SMILES string of the molecule is c1cnc2c(c1)CNc1ccccc1N2N1CCOCC1. The standard InChI is InChI=1S/C16H18N4O/c1-2-6-15-14(5-1)18-12-13-4-3-7-17-16(13)20(15)19-8-10-21-11-9-19/h1-7,18H,8-12H2. The second-order valence-corrected chi connectivity index (χ2v) is 5.23. The van der Waals surface area contributed by atoms with Gasteiger partial charge >= 0.3 is 0 Å². The second-order valence-electron chi connectivity index (χ2n) is 5.23. The zero-order chi connectivity index (χ0) is 14.1. The van der Waals surface area contributed by atoms with Gasteiger partial charge in [-0.3, -0.25) is 5.01 Å². The summed E-state index contributed by atoms with van der Waals surface area (Å²) < 4.78 is 5.49. The molecule has 2 aromatic rings. The van der Waals surface area contributed by atoms with Crippen molar-refractivity contribution in [2.75, 3.05) is 36.6 Å². The zero-order valence-electron chi connectivity index (χ0n) is 11.8. The van der Waals surface area contributed by atoms with E-state index in [-0.39, 0.29) is 0 Å². The molecule has 1 N–H and O–H groups in total. The molecule has 0 bridgehead atoms. The van der Waals surface area contributed by atoms with Crippen LogP contribution in [0.2, 0.25) is 0 Å². The number of rotatable bonds is 1. The molecule has 108 valence electrons. The Hall–Kier alpha value is -2.11. The lowest BCUT2D eigenvalue weighted by molar-refractivity contribution is 0.0375. The number of hydrazine groups is 1. The van der Waals surface area contributed by atoms with Crippen LogP contribution in [-0.2, 0) is 11.3 Å². The van der Waals surface area contributed by atoms with Crippen LogP contribution in [0.15, 0.2) is 42.6 Å². The lowest BCUT2D eigenvalue weighted by atomic mass is 10.2. The Morgan fingerprint density at radius 3 is 2.81 bits per heavy atom. The smallest absolute Gasteiger partial charge is 0.152 e. The van der Waals surface area contributed by atoms with Crippen LogP contribution in [0.1, 0.15) is 5.56 Å². The summed E-state index contributed by atoms with van der Waals surface area (Å²) >= 11 is 0. The van der Waals surface area contributed by atoms with Gasteiger partial charge in [0.15, 0.2) is 5.82 Å². The summed E-state index contributed by atoms with van der Waals surface area (Å²) in [5, 5.41) is 8.07. The first-order valence-electron chi connectivity index (χ1n) is 7.33. The van der Waals surface area contributed by atoms with Crippen LogP contribution in [-0.4, -0.2) is 36.3 Å². The number of benzene rings is 1. The molecule has 0 saturated carbocycles. The van der Waals surface area contributed by atoms with Crippen molar-refractivity contribution in [1.82, 2.24) is 9.99 Å². The third kappa shape index (κ3) is 2.24. The maximum atomic E-state index is 5.49. The fraction of sp³-hybridized carbons (Fsp3) is 0.312. The minimum Gasteiger partial charge on any atom is -0.379 e. The molecule has 1 fully saturated rings. The van der Waals surface area contributed by atoms with Gasteiger partial charge in [-0.15, -0.1) is 0 Å². The number of hydrogen-bond acceptors (Lipinski definition) is 5. The van der Waals surface area contributed by atoms with Crippen molar-refractivity contribution in [3.8, 4) is 0 Å². The predicted molar refractivity (Wildman–Crippen MR) is 82.5 cm³/mol. The Labute approximate surface area is 124 Å². The molecule has 0 amide bonds. The third-order valence-corrected chi connectivity index (χ3v) is 3.94. The summed E-state index contributed by atoms with van der Waals surface area (Å²) in [6.07, 6.45) is 1.86. The molecule has 1 saturated heterocycles. The van der Waals surface area contributed by atoms with Crippen molar-refractivity contribution in [3.05, 3.63) is 48.2 Å². The number of fused-ring (bicyclic) bond motifs is 2. The van der Waals surface area contributed by atoms with Gasteiger partial charge in [-0.05, 0) is 18.2 Å². The quantitative estimate of drug-likeness (QED) is 0.869. The van der Waals surface area contributed by atoms with Crippen LogP contribution >= 0.6 is 0 Å². The molecule has 0 atom stereocenters. The number of para-hydroxylation sites is 2. The van der Waals surface area contributed by atoms with Crippen molar-refractivity contribution < 1.29 is 4.74 Å². The van der Waals surface area contributed by atoms with E-state index in [0.29, 0.717) is 0 Å². The van der Waals surface area contributed by atoms with Gasteiger partial charge in [0, 0.05) is 31.4 Å². The molecule has 5 nitrogen and oxygen atoms in total. The number of aromatic nitrogens is 1. The molecular formula is C16H18N4O. The van der Waals surface area contributed by atoms with E-state index in [0.717, 1.165) is 50.0 Å². The van der Waals surface area contributed by atoms with Crippen LogP contribution in [0, 0.1) is 0 Å². The topological polar surface area (TPSA) is 40.6 Å². The number of ether oxygens (including phenoxy) is 1. The molecule has 3 heterocycles. The number of anilines is 3. The van der Waals surface area contributed by atoms with Gasteiger partial charge < -0.3 is 10.1 Å². The van der Waals surface area contributed by atoms with E-state index in [1.807, 2.05) is 12.3 Å². The molecule has 1 aromatic heterocycles. The van der Waals surface area contributed by atoms with Gasteiger partial charge in [0.05, 0.1) is 24.6 Å². The zero-order valence-corrected chi connectivity index (χ0v) is 11.8.